The monoisotopic (exact) mass is 208 g/mol. The zero-order chi connectivity index (χ0) is 10.8. The van der Waals surface area contributed by atoms with Gasteiger partial charge in [-0.2, -0.15) is 0 Å². The first-order valence-electron chi connectivity index (χ1n) is 5.08. The first-order valence-corrected chi connectivity index (χ1v) is 5.08. The summed E-state index contributed by atoms with van der Waals surface area (Å²) in [6.45, 7) is 0.788. The highest BCUT2D eigenvalue weighted by molar-refractivity contribution is 5.65. The quantitative estimate of drug-likeness (QED) is 0.707. The Morgan fingerprint density at radius 2 is 2.40 bits per heavy atom. The van der Waals surface area contributed by atoms with Crippen LogP contribution < -0.4 is 15.4 Å². The van der Waals surface area contributed by atoms with Crippen LogP contribution in [0.2, 0.25) is 0 Å². The summed E-state index contributed by atoms with van der Waals surface area (Å²) in [5.74, 6) is 0.826. The summed E-state index contributed by atoms with van der Waals surface area (Å²) in [5, 5.41) is 8.93. The Bertz CT molecular complexity index is 354. The molecule has 0 amide bonds. The molecule has 15 heavy (non-hydrogen) atoms. The lowest BCUT2D eigenvalue weighted by molar-refractivity contribution is 0.219. The van der Waals surface area contributed by atoms with Crippen molar-refractivity contribution in [1.82, 2.24) is 0 Å². The van der Waals surface area contributed by atoms with E-state index in [4.69, 9.17) is 15.6 Å². The first kappa shape index (κ1) is 10.1. The molecule has 1 aliphatic rings. The van der Waals surface area contributed by atoms with Crippen molar-refractivity contribution in [3.63, 3.8) is 0 Å². The molecule has 4 heteroatoms. The number of nitrogens with zero attached hydrogens (tertiary/aromatic N) is 1. The number of hydrogen-bond acceptors (Lipinski definition) is 4. The minimum Gasteiger partial charge on any atom is -0.489 e. The van der Waals surface area contributed by atoms with E-state index in [0.29, 0.717) is 12.3 Å². The van der Waals surface area contributed by atoms with E-state index in [0.717, 1.165) is 17.9 Å². The van der Waals surface area contributed by atoms with Gasteiger partial charge in [0.05, 0.1) is 11.7 Å². The topological polar surface area (TPSA) is 58.7 Å². The van der Waals surface area contributed by atoms with Crippen LogP contribution in [0.5, 0.6) is 5.75 Å². The number of aliphatic hydroxyl groups excluding tert-OH is 1. The van der Waals surface area contributed by atoms with E-state index in [1.807, 2.05) is 25.2 Å². The van der Waals surface area contributed by atoms with Crippen molar-refractivity contribution in [2.75, 3.05) is 30.9 Å². The fourth-order valence-corrected chi connectivity index (χ4v) is 1.86. The fraction of sp³-hybridized carbons (Fsp3) is 0.455. The zero-order valence-corrected chi connectivity index (χ0v) is 8.81. The smallest absolute Gasteiger partial charge is 0.144 e. The Balaban J connectivity index is 2.26. The summed E-state index contributed by atoms with van der Waals surface area (Å²) < 4.78 is 5.61. The number of ether oxygens (including phenoxy) is 1. The molecule has 1 atom stereocenters. The largest absolute Gasteiger partial charge is 0.489 e. The average molecular weight is 208 g/mol. The molecule has 3 N–H and O–H groups in total. The van der Waals surface area contributed by atoms with Crippen molar-refractivity contribution in [3.8, 4) is 5.75 Å². The van der Waals surface area contributed by atoms with Crippen LogP contribution in [0.3, 0.4) is 0 Å². The number of anilines is 2. The minimum atomic E-state index is 0.183. The third-order valence-electron chi connectivity index (χ3n) is 2.81. The molecule has 2 rings (SSSR count). The van der Waals surface area contributed by atoms with Crippen LogP contribution in [0.25, 0.3) is 0 Å². The SMILES string of the molecule is CN1c2ccc(N)cc2OCC1CCO. The van der Waals surface area contributed by atoms with Crippen LogP contribution >= 0.6 is 0 Å². The number of aliphatic hydroxyl groups is 1. The van der Waals surface area contributed by atoms with E-state index in [9.17, 15) is 0 Å². The van der Waals surface area contributed by atoms with Gasteiger partial charge in [0.2, 0.25) is 0 Å². The van der Waals surface area contributed by atoms with Crippen LogP contribution in [0.15, 0.2) is 18.2 Å². The van der Waals surface area contributed by atoms with Crippen molar-refractivity contribution >= 4 is 11.4 Å². The predicted molar refractivity (Wildman–Crippen MR) is 60.2 cm³/mol. The highest BCUT2D eigenvalue weighted by atomic mass is 16.5. The minimum absolute atomic E-state index is 0.183. The number of hydrogen-bond donors (Lipinski definition) is 2. The molecule has 1 aromatic carbocycles. The Morgan fingerprint density at radius 3 is 3.13 bits per heavy atom. The second-order valence-electron chi connectivity index (χ2n) is 3.82. The van der Waals surface area contributed by atoms with Gasteiger partial charge in [-0.1, -0.05) is 0 Å². The van der Waals surface area contributed by atoms with Gasteiger partial charge < -0.3 is 20.5 Å². The molecule has 0 spiro atoms. The van der Waals surface area contributed by atoms with Crippen molar-refractivity contribution in [1.29, 1.82) is 0 Å². The maximum atomic E-state index is 8.93. The predicted octanol–water partition coefficient (Wildman–Crippen LogP) is 0.848. The molecule has 1 heterocycles. The van der Waals surface area contributed by atoms with Crippen LogP contribution in [0.4, 0.5) is 11.4 Å². The Morgan fingerprint density at radius 1 is 1.60 bits per heavy atom. The third-order valence-corrected chi connectivity index (χ3v) is 2.81. The lowest BCUT2D eigenvalue weighted by atomic mass is 10.1. The number of likely N-dealkylation sites (N-methyl/N-ethyl adjacent to an activating group) is 1. The molecule has 0 aliphatic carbocycles. The molecule has 1 aromatic rings. The van der Waals surface area contributed by atoms with Gasteiger partial charge in [-0.3, -0.25) is 0 Å². The van der Waals surface area contributed by atoms with Gasteiger partial charge in [0.1, 0.15) is 12.4 Å². The van der Waals surface area contributed by atoms with Crippen LogP contribution in [0.1, 0.15) is 6.42 Å². The van der Waals surface area contributed by atoms with E-state index >= 15 is 0 Å². The molecule has 1 unspecified atom stereocenters. The number of benzene rings is 1. The molecular weight excluding hydrogens is 192 g/mol. The van der Waals surface area contributed by atoms with Crippen molar-refractivity contribution in [2.24, 2.45) is 0 Å². The number of fused-ring (bicyclic) bond motifs is 1. The summed E-state index contributed by atoms with van der Waals surface area (Å²) in [5.41, 5.74) is 7.43. The molecule has 0 fully saturated rings. The number of nitrogens with two attached hydrogens (primary N) is 1. The highest BCUT2D eigenvalue weighted by Gasteiger charge is 2.23. The summed E-state index contributed by atoms with van der Waals surface area (Å²) >= 11 is 0. The zero-order valence-electron chi connectivity index (χ0n) is 8.81. The fourth-order valence-electron chi connectivity index (χ4n) is 1.86. The molecule has 0 bridgehead atoms. The molecule has 1 aliphatic heterocycles. The Labute approximate surface area is 89.3 Å². The van der Waals surface area contributed by atoms with E-state index in [1.165, 1.54) is 0 Å². The Kier molecular flexibility index (Phi) is 2.68. The molecule has 82 valence electrons. The Hall–Kier alpha value is -1.42. The molecule has 4 nitrogen and oxygen atoms in total. The maximum Gasteiger partial charge on any atom is 0.144 e. The van der Waals surface area contributed by atoms with Gasteiger partial charge in [0, 0.05) is 25.4 Å². The maximum absolute atomic E-state index is 8.93. The van der Waals surface area contributed by atoms with Crippen LogP contribution in [-0.4, -0.2) is 31.4 Å². The van der Waals surface area contributed by atoms with Gasteiger partial charge >= 0.3 is 0 Å². The van der Waals surface area contributed by atoms with Gasteiger partial charge in [-0.15, -0.1) is 0 Å². The van der Waals surface area contributed by atoms with Gasteiger partial charge in [-0.05, 0) is 18.6 Å². The molecule has 0 saturated carbocycles. The van der Waals surface area contributed by atoms with E-state index in [1.54, 1.807) is 0 Å². The molecule has 0 radical (unpaired) electrons. The average Bonchev–Trinajstić information content (AvgIpc) is 2.22. The lowest BCUT2D eigenvalue weighted by Crippen LogP contribution is -2.40. The van der Waals surface area contributed by atoms with Crippen molar-refractivity contribution in [3.05, 3.63) is 18.2 Å². The number of rotatable bonds is 2. The molecule has 0 aromatic heterocycles. The summed E-state index contributed by atoms with van der Waals surface area (Å²) in [6.07, 6.45) is 0.723. The van der Waals surface area contributed by atoms with Gasteiger partial charge in [-0.25, -0.2) is 0 Å². The van der Waals surface area contributed by atoms with Gasteiger partial charge in [0.25, 0.3) is 0 Å². The highest BCUT2D eigenvalue weighted by Crippen LogP contribution is 2.34. The van der Waals surface area contributed by atoms with Crippen molar-refractivity contribution in [2.45, 2.75) is 12.5 Å². The summed E-state index contributed by atoms with van der Waals surface area (Å²) in [7, 11) is 2.01. The second-order valence-corrected chi connectivity index (χ2v) is 3.82. The first-order chi connectivity index (χ1) is 7.22. The normalized spacial score (nSPS) is 19.6. The van der Waals surface area contributed by atoms with Crippen LogP contribution in [0, 0.1) is 0 Å². The summed E-state index contributed by atoms with van der Waals surface area (Å²) in [6, 6.07) is 5.89. The van der Waals surface area contributed by atoms with Crippen LogP contribution in [-0.2, 0) is 0 Å². The number of nitrogen functional groups attached to an aromatic ring is 1. The summed E-state index contributed by atoms with van der Waals surface area (Å²) in [4.78, 5) is 2.13. The van der Waals surface area contributed by atoms with Crippen molar-refractivity contribution < 1.29 is 9.84 Å². The second kappa shape index (κ2) is 3.98. The van der Waals surface area contributed by atoms with E-state index in [-0.39, 0.29) is 12.6 Å². The lowest BCUT2D eigenvalue weighted by Gasteiger charge is -2.35. The van der Waals surface area contributed by atoms with Gasteiger partial charge in [0.15, 0.2) is 0 Å². The van der Waals surface area contributed by atoms with E-state index in [2.05, 4.69) is 4.90 Å². The third kappa shape index (κ3) is 1.85. The van der Waals surface area contributed by atoms with E-state index < -0.39 is 0 Å². The molecular formula is C11H16N2O2. The standard InChI is InChI=1S/C11H16N2O2/c1-13-9(4-5-14)7-15-11-6-8(12)2-3-10(11)13/h2-3,6,9,14H,4-5,7,12H2,1H3. The molecule has 0 saturated heterocycles.